The Hall–Kier alpha value is -1.84. The van der Waals surface area contributed by atoms with Gasteiger partial charge in [0.15, 0.2) is 5.82 Å². The van der Waals surface area contributed by atoms with Crippen LogP contribution in [0, 0.1) is 5.92 Å². The van der Waals surface area contributed by atoms with E-state index in [4.69, 9.17) is 0 Å². The van der Waals surface area contributed by atoms with Crippen molar-refractivity contribution in [2.75, 3.05) is 5.32 Å². The number of hydrogen-bond acceptors (Lipinski definition) is 3. The molecule has 4 nitrogen and oxygen atoms in total. The van der Waals surface area contributed by atoms with Crippen molar-refractivity contribution in [2.45, 2.75) is 38.6 Å². The second kappa shape index (κ2) is 5.65. The number of nitrogens with zero attached hydrogens (tertiary/aromatic N) is 3. The summed E-state index contributed by atoms with van der Waals surface area (Å²) in [5, 5.41) is 11.7. The van der Waals surface area contributed by atoms with Crippen molar-refractivity contribution in [1.82, 2.24) is 14.8 Å². The number of aromatic nitrogens is 3. The topological polar surface area (TPSA) is 42.7 Å². The van der Waals surface area contributed by atoms with E-state index >= 15 is 0 Å². The molecule has 3 rings (SSSR count). The van der Waals surface area contributed by atoms with Gasteiger partial charge >= 0.3 is 0 Å². The zero-order chi connectivity index (χ0) is 13.9. The van der Waals surface area contributed by atoms with E-state index in [0.29, 0.717) is 6.04 Å². The first-order chi connectivity index (χ1) is 9.74. The summed E-state index contributed by atoms with van der Waals surface area (Å²) in [7, 11) is 1.96. The van der Waals surface area contributed by atoms with Crippen LogP contribution in [0.5, 0.6) is 0 Å². The first-order valence-electron chi connectivity index (χ1n) is 7.45. The smallest absolute Gasteiger partial charge is 0.163 e. The quantitative estimate of drug-likeness (QED) is 0.925. The van der Waals surface area contributed by atoms with Crippen LogP contribution in [0.2, 0.25) is 0 Å². The molecule has 1 saturated carbocycles. The number of benzene rings is 1. The lowest BCUT2D eigenvalue weighted by Crippen LogP contribution is -2.23. The molecule has 0 spiro atoms. The van der Waals surface area contributed by atoms with Crippen LogP contribution in [-0.2, 0) is 7.05 Å². The second-order valence-corrected chi connectivity index (χ2v) is 5.82. The molecule has 1 fully saturated rings. The van der Waals surface area contributed by atoms with E-state index in [1.54, 1.807) is 6.33 Å². The minimum atomic E-state index is 0.554. The Morgan fingerprint density at radius 2 is 1.90 bits per heavy atom. The molecular formula is C16H22N4. The van der Waals surface area contributed by atoms with Gasteiger partial charge in [0, 0.05) is 24.3 Å². The highest BCUT2D eigenvalue weighted by Crippen LogP contribution is 2.29. The summed E-state index contributed by atoms with van der Waals surface area (Å²) in [5.74, 6) is 1.73. The summed E-state index contributed by atoms with van der Waals surface area (Å²) >= 11 is 0. The average Bonchev–Trinajstić information content (AvgIpc) is 3.11. The molecule has 1 aromatic heterocycles. The van der Waals surface area contributed by atoms with E-state index in [-0.39, 0.29) is 0 Å². The highest BCUT2D eigenvalue weighted by molar-refractivity contribution is 5.59. The van der Waals surface area contributed by atoms with Crippen LogP contribution in [-0.4, -0.2) is 20.8 Å². The molecule has 1 N–H and O–H groups in total. The number of anilines is 1. The molecule has 0 aliphatic heterocycles. The van der Waals surface area contributed by atoms with E-state index in [2.05, 4.69) is 46.7 Å². The van der Waals surface area contributed by atoms with Gasteiger partial charge in [-0.1, -0.05) is 12.8 Å². The van der Waals surface area contributed by atoms with Gasteiger partial charge in [-0.15, -0.1) is 10.2 Å². The minimum absolute atomic E-state index is 0.554. The summed E-state index contributed by atoms with van der Waals surface area (Å²) in [6.45, 7) is 2.30. The standard InChI is InChI=1S/C16H22N4/c1-12(13-5-3-4-6-13)18-15-9-7-14(8-10-15)16-19-17-11-20(16)2/h7-13,18H,3-6H2,1-2H3. The summed E-state index contributed by atoms with van der Waals surface area (Å²) in [6, 6.07) is 9.03. The van der Waals surface area contributed by atoms with Crippen LogP contribution < -0.4 is 5.32 Å². The van der Waals surface area contributed by atoms with Gasteiger partial charge in [0.25, 0.3) is 0 Å². The molecule has 0 radical (unpaired) electrons. The van der Waals surface area contributed by atoms with Gasteiger partial charge in [-0.3, -0.25) is 0 Å². The Morgan fingerprint density at radius 3 is 2.50 bits per heavy atom. The fraction of sp³-hybridized carbons (Fsp3) is 0.500. The van der Waals surface area contributed by atoms with Crippen molar-refractivity contribution in [2.24, 2.45) is 13.0 Å². The summed E-state index contributed by atoms with van der Waals surface area (Å²) in [4.78, 5) is 0. The predicted octanol–water partition coefficient (Wildman–Crippen LogP) is 3.47. The number of rotatable bonds is 4. The lowest BCUT2D eigenvalue weighted by Gasteiger charge is -2.21. The van der Waals surface area contributed by atoms with Gasteiger partial charge < -0.3 is 9.88 Å². The predicted molar refractivity (Wildman–Crippen MR) is 81.5 cm³/mol. The fourth-order valence-electron chi connectivity index (χ4n) is 3.10. The summed E-state index contributed by atoms with van der Waals surface area (Å²) < 4.78 is 1.93. The molecule has 1 aliphatic rings. The van der Waals surface area contributed by atoms with Gasteiger partial charge in [-0.2, -0.15) is 0 Å². The molecular weight excluding hydrogens is 248 g/mol. The number of nitrogens with one attached hydrogen (secondary N) is 1. The van der Waals surface area contributed by atoms with E-state index in [1.165, 1.54) is 31.4 Å². The van der Waals surface area contributed by atoms with Gasteiger partial charge in [0.1, 0.15) is 6.33 Å². The summed E-state index contributed by atoms with van der Waals surface area (Å²) in [6.07, 6.45) is 7.24. The zero-order valence-electron chi connectivity index (χ0n) is 12.2. The lowest BCUT2D eigenvalue weighted by atomic mass is 9.99. The van der Waals surface area contributed by atoms with Crippen LogP contribution in [0.4, 0.5) is 5.69 Å². The molecule has 0 saturated heterocycles. The third-order valence-corrected chi connectivity index (χ3v) is 4.36. The molecule has 1 aromatic carbocycles. The first-order valence-corrected chi connectivity index (χ1v) is 7.45. The van der Waals surface area contributed by atoms with Gasteiger partial charge in [-0.05, 0) is 49.9 Å². The van der Waals surface area contributed by atoms with Gasteiger partial charge in [0.2, 0.25) is 0 Å². The second-order valence-electron chi connectivity index (χ2n) is 5.82. The van der Waals surface area contributed by atoms with Gasteiger partial charge in [0.05, 0.1) is 0 Å². The maximum atomic E-state index is 4.13. The minimum Gasteiger partial charge on any atom is -0.382 e. The Bertz CT molecular complexity index is 552. The molecule has 0 bridgehead atoms. The van der Waals surface area contributed by atoms with Crippen LogP contribution >= 0.6 is 0 Å². The molecule has 1 aliphatic carbocycles. The van der Waals surface area contributed by atoms with E-state index in [0.717, 1.165) is 17.3 Å². The Labute approximate surface area is 120 Å². The van der Waals surface area contributed by atoms with Crippen molar-refractivity contribution in [3.63, 3.8) is 0 Å². The molecule has 20 heavy (non-hydrogen) atoms. The van der Waals surface area contributed by atoms with Crippen LogP contribution in [0.1, 0.15) is 32.6 Å². The molecule has 0 amide bonds. The SMILES string of the molecule is CC(Nc1ccc(-c2nncn2C)cc1)C1CCCC1. The molecule has 1 heterocycles. The molecule has 4 heteroatoms. The van der Waals surface area contributed by atoms with E-state index in [1.807, 2.05) is 11.6 Å². The maximum Gasteiger partial charge on any atom is 0.163 e. The largest absolute Gasteiger partial charge is 0.382 e. The maximum absolute atomic E-state index is 4.13. The Kier molecular flexibility index (Phi) is 3.72. The van der Waals surface area contributed by atoms with Crippen molar-refractivity contribution in [3.8, 4) is 11.4 Å². The number of hydrogen-bond donors (Lipinski definition) is 1. The zero-order valence-corrected chi connectivity index (χ0v) is 12.2. The van der Waals surface area contributed by atoms with Crippen molar-refractivity contribution < 1.29 is 0 Å². The highest BCUT2D eigenvalue weighted by Gasteiger charge is 2.21. The normalized spacial score (nSPS) is 17.3. The van der Waals surface area contributed by atoms with Crippen LogP contribution in [0.15, 0.2) is 30.6 Å². The molecule has 106 valence electrons. The van der Waals surface area contributed by atoms with Crippen LogP contribution in [0.25, 0.3) is 11.4 Å². The lowest BCUT2D eigenvalue weighted by molar-refractivity contribution is 0.482. The van der Waals surface area contributed by atoms with Crippen LogP contribution in [0.3, 0.4) is 0 Å². The molecule has 2 aromatic rings. The third kappa shape index (κ3) is 2.69. The number of aryl methyl sites for hydroxylation is 1. The van der Waals surface area contributed by atoms with Gasteiger partial charge in [-0.25, -0.2) is 0 Å². The Morgan fingerprint density at radius 1 is 1.20 bits per heavy atom. The van der Waals surface area contributed by atoms with E-state index in [9.17, 15) is 0 Å². The third-order valence-electron chi connectivity index (χ3n) is 4.36. The monoisotopic (exact) mass is 270 g/mol. The van der Waals surface area contributed by atoms with Crippen molar-refractivity contribution in [1.29, 1.82) is 0 Å². The molecule has 1 unspecified atom stereocenters. The summed E-state index contributed by atoms with van der Waals surface area (Å²) in [5.41, 5.74) is 2.29. The van der Waals surface area contributed by atoms with Crippen molar-refractivity contribution in [3.05, 3.63) is 30.6 Å². The van der Waals surface area contributed by atoms with E-state index < -0.39 is 0 Å². The van der Waals surface area contributed by atoms with Crippen molar-refractivity contribution >= 4 is 5.69 Å². The Balaban J connectivity index is 1.68. The highest BCUT2D eigenvalue weighted by atomic mass is 15.2. The molecule has 1 atom stereocenters. The fourth-order valence-corrected chi connectivity index (χ4v) is 3.10. The average molecular weight is 270 g/mol. The first kappa shape index (κ1) is 13.2.